The van der Waals surface area contributed by atoms with E-state index in [0.717, 1.165) is 45.6 Å². The highest BCUT2D eigenvalue weighted by atomic mass is 19.4. The Hall–Kier alpha value is -3.92. The zero-order valence-electron chi connectivity index (χ0n) is 17.4. The van der Waals surface area contributed by atoms with Gasteiger partial charge < -0.3 is 0 Å². The van der Waals surface area contributed by atoms with Gasteiger partial charge in [-0.05, 0) is 68.8 Å². The smallest absolute Gasteiger partial charge is 0.207 e. The average Bonchev–Trinajstić information content (AvgIpc) is 2.80. The minimum atomic E-state index is -4.41. The van der Waals surface area contributed by atoms with Crippen molar-refractivity contribution in [2.75, 3.05) is 0 Å². The van der Waals surface area contributed by atoms with E-state index in [1.54, 1.807) is 6.07 Å². The lowest BCUT2D eigenvalue weighted by atomic mass is 9.69. The molecule has 0 nitrogen and oxygen atoms in total. The van der Waals surface area contributed by atoms with E-state index >= 15 is 0 Å². The second-order valence-electron chi connectivity index (χ2n) is 7.82. The molecule has 0 bridgehead atoms. The first-order valence-electron chi connectivity index (χ1n) is 10.5. The molecule has 0 heterocycles. The molecule has 0 radical (unpaired) electrons. The maximum atomic E-state index is 14.2. The molecule has 0 aromatic heterocycles. The molecular formula is C29H18F4. The lowest BCUT2D eigenvalue weighted by Crippen LogP contribution is -2.11. The molecule has 0 saturated carbocycles. The molecule has 1 aliphatic rings. The number of alkyl halides is 3. The molecule has 0 atom stereocenters. The van der Waals surface area contributed by atoms with Crippen LogP contribution in [0.1, 0.15) is 27.8 Å². The minimum absolute atomic E-state index is 0.368. The average molecular weight is 442 g/mol. The Labute approximate surface area is 189 Å². The Balaban J connectivity index is 1.76. The largest absolute Gasteiger partial charge is 0.416 e. The highest BCUT2D eigenvalue weighted by Gasteiger charge is 2.34. The molecule has 0 spiro atoms. The van der Waals surface area contributed by atoms with Gasteiger partial charge in [0.15, 0.2) is 0 Å². The monoisotopic (exact) mass is 442 g/mol. The van der Waals surface area contributed by atoms with Gasteiger partial charge in [0.2, 0.25) is 0 Å². The summed E-state index contributed by atoms with van der Waals surface area (Å²) in [5.41, 5.74) is 6.05. The second-order valence-corrected chi connectivity index (χ2v) is 7.82. The van der Waals surface area contributed by atoms with Crippen LogP contribution in [0, 0.1) is 5.82 Å². The van der Waals surface area contributed by atoms with Crippen molar-refractivity contribution in [2.24, 2.45) is 0 Å². The normalized spacial score (nSPS) is 13.8. The van der Waals surface area contributed by atoms with Crippen LogP contribution in [0.15, 0.2) is 109 Å². The van der Waals surface area contributed by atoms with Gasteiger partial charge in [-0.25, -0.2) is 4.39 Å². The molecular weight excluding hydrogens is 424 g/mol. The summed E-state index contributed by atoms with van der Waals surface area (Å²) < 4.78 is 53.7. The maximum Gasteiger partial charge on any atom is 0.416 e. The molecule has 4 aromatic rings. The third-order valence-corrected chi connectivity index (χ3v) is 5.74. The van der Waals surface area contributed by atoms with Crippen LogP contribution >= 0.6 is 0 Å². The number of allylic oxidation sites excluding steroid dienone is 4. The van der Waals surface area contributed by atoms with Crippen molar-refractivity contribution >= 4 is 22.3 Å². The zero-order chi connectivity index (χ0) is 23.0. The summed E-state index contributed by atoms with van der Waals surface area (Å²) in [5.74, 6) is -0.368. The predicted octanol–water partition coefficient (Wildman–Crippen LogP) is 8.38. The summed E-state index contributed by atoms with van der Waals surface area (Å²) in [6.45, 7) is 0. The van der Waals surface area contributed by atoms with Crippen molar-refractivity contribution in [1.82, 2.24) is 0 Å². The second kappa shape index (κ2) is 8.21. The van der Waals surface area contributed by atoms with Crippen LogP contribution in [0.2, 0.25) is 0 Å². The van der Waals surface area contributed by atoms with Crippen molar-refractivity contribution in [3.05, 3.63) is 143 Å². The van der Waals surface area contributed by atoms with E-state index in [0.29, 0.717) is 11.1 Å². The summed E-state index contributed by atoms with van der Waals surface area (Å²) in [6, 6.07) is 31.0. The minimum Gasteiger partial charge on any atom is -0.207 e. The summed E-state index contributed by atoms with van der Waals surface area (Å²) in [4.78, 5) is 0. The quantitative estimate of drug-likeness (QED) is 0.279. The van der Waals surface area contributed by atoms with Crippen LogP contribution in [0.3, 0.4) is 0 Å². The van der Waals surface area contributed by atoms with Crippen LogP contribution in [0.5, 0.6) is 0 Å². The molecule has 33 heavy (non-hydrogen) atoms. The molecule has 0 amide bonds. The fourth-order valence-electron chi connectivity index (χ4n) is 4.27. The third-order valence-electron chi connectivity index (χ3n) is 5.74. The van der Waals surface area contributed by atoms with Gasteiger partial charge in [-0.1, -0.05) is 84.9 Å². The molecule has 5 rings (SSSR count). The van der Waals surface area contributed by atoms with E-state index in [9.17, 15) is 17.6 Å². The lowest BCUT2D eigenvalue weighted by molar-refractivity contribution is -0.137. The Bertz CT molecular complexity index is 1360. The molecule has 1 aliphatic carbocycles. The van der Waals surface area contributed by atoms with Gasteiger partial charge >= 0.3 is 6.18 Å². The van der Waals surface area contributed by atoms with Gasteiger partial charge in [0, 0.05) is 0 Å². The van der Waals surface area contributed by atoms with Crippen LogP contribution in [-0.2, 0) is 6.18 Å². The molecule has 4 aromatic carbocycles. The van der Waals surface area contributed by atoms with Gasteiger partial charge in [0.1, 0.15) is 5.82 Å². The topological polar surface area (TPSA) is 0 Å². The van der Waals surface area contributed by atoms with E-state index in [1.165, 1.54) is 24.3 Å². The molecule has 162 valence electrons. The van der Waals surface area contributed by atoms with Crippen LogP contribution < -0.4 is 0 Å². The van der Waals surface area contributed by atoms with E-state index in [-0.39, 0.29) is 5.82 Å². The van der Waals surface area contributed by atoms with Gasteiger partial charge in [-0.2, -0.15) is 13.2 Å². The first-order valence-corrected chi connectivity index (χ1v) is 10.5. The SMILES string of the molecule is Fc1cccc(C2=C(c3ccc(C(F)(F)F)cc3)C(c3ccccc3)=C2c2ccccc2)c1. The van der Waals surface area contributed by atoms with Crippen molar-refractivity contribution in [2.45, 2.75) is 6.18 Å². The van der Waals surface area contributed by atoms with Gasteiger partial charge in [0.05, 0.1) is 5.56 Å². The third kappa shape index (κ3) is 3.89. The van der Waals surface area contributed by atoms with Crippen molar-refractivity contribution in [3.63, 3.8) is 0 Å². The summed E-state index contributed by atoms with van der Waals surface area (Å²) >= 11 is 0. The lowest BCUT2D eigenvalue weighted by Gasteiger charge is -2.33. The van der Waals surface area contributed by atoms with Crippen molar-refractivity contribution < 1.29 is 17.6 Å². The Morgan fingerprint density at radius 3 is 1.30 bits per heavy atom. The summed E-state index contributed by atoms with van der Waals surface area (Å²) in [6.07, 6.45) is -4.41. The van der Waals surface area contributed by atoms with Crippen LogP contribution in [0.4, 0.5) is 17.6 Å². The molecule has 4 heteroatoms. The van der Waals surface area contributed by atoms with Crippen molar-refractivity contribution in [1.29, 1.82) is 0 Å². The van der Waals surface area contributed by atoms with E-state index in [1.807, 2.05) is 66.7 Å². The predicted molar refractivity (Wildman–Crippen MR) is 124 cm³/mol. The van der Waals surface area contributed by atoms with Crippen LogP contribution in [-0.4, -0.2) is 0 Å². The van der Waals surface area contributed by atoms with Gasteiger partial charge in [0.25, 0.3) is 0 Å². The molecule has 0 fully saturated rings. The molecule has 0 aliphatic heterocycles. The first kappa shape index (κ1) is 21.0. The number of rotatable bonds is 4. The Morgan fingerprint density at radius 2 is 0.848 bits per heavy atom. The van der Waals surface area contributed by atoms with E-state index in [2.05, 4.69) is 0 Å². The molecule has 0 unspecified atom stereocenters. The number of benzene rings is 4. The molecule has 0 saturated heterocycles. The maximum absolute atomic E-state index is 14.2. The summed E-state index contributed by atoms with van der Waals surface area (Å²) in [5, 5.41) is 0. The van der Waals surface area contributed by atoms with Crippen molar-refractivity contribution in [3.8, 4) is 0 Å². The standard InChI is InChI=1S/C29H18F4/c30-24-13-7-12-22(18-24)28-26(20-10-5-2-6-11-20)25(19-8-3-1-4-9-19)27(28)21-14-16-23(17-15-21)29(31,32)33/h1-18H. The fraction of sp³-hybridized carbons (Fsp3) is 0.0345. The Morgan fingerprint density at radius 1 is 0.424 bits per heavy atom. The zero-order valence-corrected chi connectivity index (χ0v) is 17.4. The first-order chi connectivity index (χ1) is 15.9. The number of hydrogen-bond acceptors (Lipinski definition) is 0. The van der Waals surface area contributed by atoms with E-state index in [4.69, 9.17) is 0 Å². The fourth-order valence-corrected chi connectivity index (χ4v) is 4.27. The Kier molecular flexibility index (Phi) is 5.21. The van der Waals surface area contributed by atoms with E-state index < -0.39 is 11.7 Å². The molecule has 0 N–H and O–H groups in total. The van der Waals surface area contributed by atoms with Gasteiger partial charge in [-0.3, -0.25) is 0 Å². The summed E-state index contributed by atoms with van der Waals surface area (Å²) in [7, 11) is 0. The van der Waals surface area contributed by atoms with Gasteiger partial charge in [-0.15, -0.1) is 0 Å². The number of halogens is 4. The highest BCUT2D eigenvalue weighted by molar-refractivity contribution is 6.43. The van der Waals surface area contributed by atoms with Crippen LogP contribution in [0.25, 0.3) is 22.3 Å². The number of hydrogen-bond donors (Lipinski definition) is 0. The highest BCUT2D eigenvalue weighted by Crippen LogP contribution is 2.56.